The molecule has 140 valence electrons. The molecule has 2 radical (unpaired) electrons. The Balaban J connectivity index is -0.000000164. The van der Waals surface area contributed by atoms with Crippen molar-refractivity contribution in [2.75, 3.05) is 0 Å². The molecule has 0 rings (SSSR count). The third-order valence-electron chi connectivity index (χ3n) is 3.32. The number of rotatable bonds is 9. The van der Waals surface area contributed by atoms with Crippen LogP contribution in [-0.2, 0) is 84.6 Å². The maximum Gasteiger partial charge on any atom is 0.303 e. The Kier molecular flexibility index (Phi) is 21.6. The molecule has 0 bridgehead atoms. The Morgan fingerprint density at radius 2 is 1.20 bits per heavy atom. The van der Waals surface area contributed by atoms with E-state index in [2.05, 4.69) is 13.8 Å². The van der Waals surface area contributed by atoms with Crippen LogP contribution in [0.15, 0.2) is 0 Å². The first-order valence-corrected chi connectivity index (χ1v) is 7.40. The molecule has 0 fully saturated rings. The fourth-order valence-corrected chi connectivity index (χ4v) is 2.04. The van der Waals surface area contributed by atoms with Crippen LogP contribution in [0.3, 0.4) is 0 Å². The second-order valence-electron chi connectivity index (χ2n) is 6.75. The third kappa shape index (κ3) is 24.2. The summed E-state index contributed by atoms with van der Waals surface area (Å²) >= 11 is 0. The van der Waals surface area contributed by atoms with Crippen LogP contribution in [-0.4, -0.2) is 33.7 Å². The number of carboxylic acid groups (broad SMARTS) is 2. The molecule has 0 spiro atoms. The molecule has 2 atom stereocenters. The van der Waals surface area contributed by atoms with Gasteiger partial charge in [0.1, 0.15) is 0 Å². The molecule has 25 heavy (non-hydrogen) atoms. The van der Waals surface area contributed by atoms with Crippen molar-refractivity contribution in [3.8, 4) is 0 Å². The zero-order valence-electron chi connectivity index (χ0n) is 15.6. The minimum absolute atomic E-state index is 0. The van der Waals surface area contributed by atoms with E-state index >= 15 is 0 Å². The van der Waals surface area contributed by atoms with Gasteiger partial charge in [-0.1, -0.05) is 27.7 Å². The number of hydrogen-bond acceptors (Lipinski definition) is 4. The zero-order chi connectivity index (χ0) is 18.8. The van der Waals surface area contributed by atoms with E-state index in [1.54, 1.807) is 13.8 Å². The molecular weight excluding hydrogens is 478 g/mol. The van der Waals surface area contributed by atoms with E-state index in [0.717, 1.165) is 0 Å². The van der Waals surface area contributed by atoms with Crippen molar-refractivity contribution in [2.45, 2.75) is 53.4 Å². The summed E-state index contributed by atoms with van der Waals surface area (Å²) in [7, 11) is 0. The Bertz CT molecular complexity index is 397. The molecular formula is C17H28O6Y2-2. The maximum absolute atomic E-state index is 10.6. The number of ketones is 2. The molecule has 6 nitrogen and oxygen atoms in total. The van der Waals surface area contributed by atoms with Crippen LogP contribution in [0.1, 0.15) is 53.4 Å². The number of carboxylic acids is 2. The SMILES string of the molecule is [CH2-]C(=O)CC(C)(C)CC(=O)O.[CH2-]C(=O)CC(C)C(C)CC(=O)O.[Y].[Y]. The first-order valence-electron chi connectivity index (χ1n) is 7.40. The summed E-state index contributed by atoms with van der Waals surface area (Å²) in [5, 5.41) is 16.9. The topological polar surface area (TPSA) is 109 Å². The first kappa shape index (κ1) is 32.9. The standard InChI is InChI=1S/C9H15O3.C8H13O3.2Y/c1-6(4-8(3)10)7(2)5-9(11)12;1-6(9)4-8(2,3)5-7(10)11;;/h6-7H,3-5H2,1-2H3,(H,11,12);1,4-5H2,2-3H3,(H,10,11);;/q2*-1;;. The van der Waals surface area contributed by atoms with E-state index in [-0.39, 0.29) is 108 Å². The van der Waals surface area contributed by atoms with Gasteiger partial charge in [-0.05, 0) is 41.7 Å². The van der Waals surface area contributed by atoms with Gasteiger partial charge in [0.25, 0.3) is 0 Å². The van der Waals surface area contributed by atoms with Crippen molar-refractivity contribution in [1.29, 1.82) is 0 Å². The Labute approximate surface area is 201 Å². The van der Waals surface area contributed by atoms with Gasteiger partial charge in [-0.2, -0.15) is 0 Å². The molecule has 0 saturated heterocycles. The van der Waals surface area contributed by atoms with Crippen LogP contribution in [0.2, 0.25) is 0 Å². The monoisotopic (exact) mass is 506 g/mol. The van der Waals surface area contributed by atoms with Crippen LogP contribution in [0, 0.1) is 31.1 Å². The number of aliphatic carboxylic acids is 2. The van der Waals surface area contributed by atoms with Crippen molar-refractivity contribution >= 4 is 23.5 Å². The van der Waals surface area contributed by atoms with E-state index < -0.39 is 17.4 Å². The van der Waals surface area contributed by atoms with E-state index in [4.69, 9.17) is 10.2 Å². The molecule has 0 saturated carbocycles. The summed E-state index contributed by atoms with van der Waals surface area (Å²) in [5.74, 6) is -1.89. The Hall–Kier alpha value is 0.228. The first-order chi connectivity index (χ1) is 10.3. The van der Waals surface area contributed by atoms with Gasteiger partial charge < -0.3 is 33.6 Å². The minimum Gasteiger partial charge on any atom is -0.481 e. The van der Waals surface area contributed by atoms with E-state index in [1.807, 2.05) is 13.8 Å². The molecule has 0 aliphatic carbocycles. The average molecular weight is 506 g/mol. The molecule has 8 heteroatoms. The predicted molar refractivity (Wildman–Crippen MR) is 86.6 cm³/mol. The molecule has 0 aliphatic heterocycles. The summed E-state index contributed by atoms with van der Waals surface area (Å²) in [6, 6.07) is 0. The summed E-state index contributed by atoms with van der Waals surface area (Å²) in [6.07, 6.45) is 0.719. The molecule has 0 aromatic heterocycles. The molecule has 0 heterocycles. The fourth-order valence-electron chi connectivity index (χ4n) is 2.04. The second kappa shape index (κ2) is 16.4. The van der Waals surface area contributed by atoms with Crippen LogP contribution >= 0.6 is 0 Å². The quantitative estimate of drug-likeness (QED) is 0.466. The van der Waals surface area contributed by atoms with E-state index in [9.17, 15) is 19.2 Å². The molecule has 2 N–H and O–H groups in total. The van der Waals surface area contributed by atoms with Gasteiger partial charge in [0.05, 0.1) is 6.42 Å². The minimum atomic E-state index is -0.878. The molecule has 0 amide bonds. The average Bonchev–Trinajstić information content (AvgIpc) is 2.23. The summed E-state index contributed by atoms with van der Waals surface area (Å²) in [4.78, 5) is 41.7. The van der Waals surface area contributed by atoms with Gasteiger partial charge >= 0.3 is 11.9 Å². The normalized spacial score (nSPS) is 12.2. The van der Waals surface area contributed by atoms with Crippen molar-refractivity contribution in [3.63, 3.8) is 0 Å². The number of hydrogen-bond donors (Lipinski definition) is 2. The fraction of sp³-hybridized carbons (Fsp3) is 0.647. The van der Waals surface area contributed by atoms with Gasteiger partial charge in [0.2, 0.25) is 0 Å². The number of carbonyl (C=O) groups excluding carboxylic acids is 2. The molecule has 0 aromatic rings. The Morgan fingerprint density at radius 3 is 1.48 bits per heavy atom. The zero-order valence-corrected chi connectivity index (χ0v) is 21.3. The van der Waals surface area contributed by atoms with Crippen LogP contribution in [0.4, 0.5) is 0 Å². The van der Waals surface area contributed by atoms with Gasteiger partial charge in [-0.3, -0.25) is 9.59 Å². The van der Waals surface area contributed by atoms with Crippen LogP contribution in [0.5, 0.6) is 0 Å². The van der Waals surface area contributed by atoms with Crippen LogP contribution in [0.25, 0.3) is 0 Å². The van der Waals surface area contributed by atoms with Gasteiger partial charge in [-0.15, -0.1) is 0 Å². The van der Waals surface area contributed by atoms with Crippen molar-refractivity contribution in [3.05, 3.63) is 13.8 Å². The van der Waals surface area contributed by atoms with E-state index in [0.29, 0.717) is 6.42 Å². The molecule has 0 aliphatic rings. The van der Waals surface area contributed by atoms with Gasteiger partial charge in [0.15, 0.2) is 0 Å². The van der Waals surface area contributed by atoms with E-state index in [1.165, 1.54) is 0 Å². The summed E-state index contributed by atoms with van der Waals surface area (Å²) in [5.41, 5.74) is -0.468. The van der Waals surface area contributed by atoms with Gasteiger partial charge in [-0.25, -0.2) is 0 Å². The third-order valence-corrected chi connectivity index (χ3v) is 3.32. The van der Waals surface area contributed by atoms with Gasteiger partial charge in [0, 0.05) is 71.8 Å². The molecule has 0 aromatic carbocycles. The number of Topliss-reactive ketones (excluding diaryl/α,β-unsaturated/α-hetero) is 2. The smallest absolute Gasteiger partial charge is 0.303 e. The maximum atomic E-state index is 10.6. The van der Waals surface area contributed by atoms with Crippen molar-refractivity contribution in [2.24, 2.45) is 17.3 Å². The summed E-state index contributed by atoms with van der Waals surface area (Å²) in [6.45, 7) is 13.6. The number of carbonyl (C=O) groups is 4. The predicted octanol–water partition coefficient (Wildman–Crippen LogP) is 2.80. The Morgan fingerprint density at radius 1 is 0.800 bits per heavy atom. The second-order valence-corrected chi connectivity index (χ2v) is 6.75. The summed E-state index contributed by atoms with van der Waals surface area (Å²) < 4.78 is 0. The van der Waals surface area contributed by atoms with Crippen molar-refractivity contribution in [1.82, 2.24) is 0 Å². The largest absolute Gasteiger partial charge is 0.481 e. The van der Waals surface area contributed by atoms with Crippen molar-refractivity contribution < 1.29 is 94.8 Å². The molecule has 2 unspecified atom stereocenters. The van der Waals surface area contributed by atoms with Crippen LogP contribution < -0.4 is 0 Å².